The summed E-state index contributed by atoms with van der Waals surface area (Å²) in [5.74, 6) is 0. The van der Waals surface area contributed by atoms with Crippen LogP contribution in [0.15, 0.2) is 120 Å². The van der Waals surface area contributed by atoms with E-state index in [0.717, 1.165) is 55.6 Å². The number of hydrogen-bond donors (Lipinski definition) is 1. The highest BCUT2D eigenvalue weighted by atomic mass is 32.2. The zero-order valence-corrected chi connectivity index (χ0v) is 23.1. The highest BCUT2D eigenvalue weighted by Gasteiger charge is 2.16. The van der Waals surface area contributed by atoms with Crippen LogP contribution in [0.25, 0.3) is 44.3 Å². The van der Waals surface area contributed by atoms with Gasteiger partial charge in [0.05, 0.1) is 27.3 Å². The van der Waals surface area contributed by atoms with E-state index < -0.39 is 10.0 Å². The van der Waals surface area contributed by atoms with E-state index in [1.54, 1.807) is 12.1 Å². The molecule has 0 saturated heterocycles. The first kappa shape index (κ1) is 25.7. The van der Waals surface area contributed by atoms with E-state index in [-0.39, 0.29) is 11.4 Å². The number of rotatable bonds is 7. The standard InChI is InChI=1S/C33H28N4O2S/c1-37(2)31-14-8-11-26-21-27(19-20-28(26)31)40(38,39)34-22-23-15-17-25(18-16-23)33-32(24-9-4-3-5-10-24)35-29-12-6-7-13-30(29)36-33/h3-21,34H,22H2,1-2H3. The zero-order valence-electron chi connectivity index (χ0n) is 22.2. The molecule has 198 valence electrons. The molecule has 0 aliphatic heterocycles. The topological polar surface area (TPSA) is 75.2 Å². The Kier molecular flexibility index (Phi) is 6.76. The summed E-state index contributed by atoms with van der Waals surface area (Å²) in [4.78, 5) is 12.1. The molecule has 1 heterocycles. The second-order valence-corrected chi connectivity index (χ2v) is 11.6. The molecule has 0 unspecified atom stereocenters. The number of hydrogen-bond acceptors (Lipinski definition) is 5. The minimum Gasteiger partial charge on any atom is -0.377 e. The van der Waals surface area contributed by atoms with E-state index in [4.69, 9.17) is 9.97 Å². The lowest BCUT2D eigenvalue weighted by molar-refractivity contribution is 0.581. The van der Waals surface area contributed by atoms with Gasteiger partial charge in [0.2, 0.25) is 10.0 Å². The van der Waals surface area contributed by atoms with Crippen LogP contribution < -0.4 is 9.62 Å². The van der Waals surface area contributed by atoms with Crippen LogP contribution in [0.4, 0.5) is 5.69 Å². The first-order chi connectivity index (χ1) is 19.4. The predicted molar refractivity (Wildman–Crippen MR) is 163 cm³/mol. The molecule has 0 spiro atoms. The Bertz CT molecular complexity index is 1940. The fraction of sp³-hybridized carbons (Fsp3) is 0.0909. The normalized spacial score (nSPS) is 11.7. The predicted octanol–water partition coefficient (Wildman–Crippen LogP) is 6.66. The highest BCUT2D eigenvalue weighted by molar-refractivity contribution is 7.89. The number of aromatic nitrogens is 2. The maximum Gasteiger partial charge on any atom is 0.240 e. The number of benzene rings is 5. The number of nitrogens with one attached hydrogen (secondary N) is 1. The van der Waals surface area contributed by atoms with Crippen molar-refractivity contribution < 1.29 is 8.42 Å². The van der Waals surface area contributed by atoms with E-state index in [1.807, 2.05) is 122 Å². The van der Waals surface area contributed by atoms with Crippen molar-refractivity contribution in [3.8, 4) is 22.5 Å². The third kappa shape index (κ3) is 5.04. The number of nitrogens with zero attached hydrogens (tertiary/aromatic N) is 3. The van der Waals surface area contributed by atoms with Crippen molar-refractivity contribution in [1.82, 2.24) is 14.7 Å². The Hall–Kier alpha value is -4.59. The van der Waals surface area contributed by atoms with Gasteiger partial charge in [-0.3, -0.25) is 0 Å². The molecule has 0 bridgehead atoms. The van der Waals surface area contributed by atoms with Gasteiger partial charge < -0.3 is 4.90 Å². The minimum atomic E-state index is -3.70. The molecule has 40 heavy (non-hydrogen) atoms. The second kappa shape index (κ2) is 10.5. The molecular weight excluding hydrogens is 516 g/mol. The molecule has 7 heteroatoms. The minimum absolute atomic E-state index is 0.174. The zero-order chi connectivity index (χ0) is 27.7. The Morgan fingerprint density at radius 2 is 1.30 bits per heavy atom. The Balaban J connectivity index is 1.26. The first-order valence-electron chi connectivity index (χ1n) is 13.0. The smallest absolute Gasteiger partial charge is 0.240 e. The average molecular weight is 545 g/mol. The van der Waals surface area contributed by atoms with Crippen molar-refractivity contribution in [2.45, 2.75) is 11.4 Å². The lowest BCUT2D eigenvalue weighted by atomic mass is 10.0. The van der Waals surface area contributed by atoms with Crippen molar-refractivity contribution in [2.75, 3.05) is 19.0 Å². The van der Waals surface area contributed by atoms with E-state index in [9.17, 15) is 8.42 Å². The molecule has 0 radical (unpaired) electrons. The summed E-state index contributed by atoms with van der Waals surface area (Å²) in [6, 6.07) is 36.7. The Morgan fingerprint density at radius 3 is 1.95 bits per heavy atom. The van der Waals surface area contributed by atoms with Gasteiger partial charge in [-0.1, -0.05) is 84.9 Å². The van der Waals surface area contributed by atoms with Gasteiger partial charge in [-0.25, -0.2) is 23.1 Å². The molecule has 0 fully saturated rings. The van der Waals surface area contributed by atoms with Gasteiger partial charge in [0, 0.05) is 42.8 Å². The summed E-state index contributed by atoms with van der Waals surface area (Å²) in [5.41, 5.74) is 7.03. The Labute approximate surface area is 234 Å². The van der Waals surface area contributed by atoms with Crippen molar-refractivity contribution >= 4 is 37.5 Å². The van der Waals surface area contributed by atoms with Gasteiger partial charge >= 0.3 is 0 Å². The lowest BCUT2D eigenvalue weighted by Gasteiger charge is -2.16. The SMILES string of the molecule is CN(C)c1cccc2cc(S(=O)(=O)NCc3ccc(-c4nc5ccccc5nc4-c4ccccc4)cc3)ccc12. The molecule has 6 nitrogen and oxygen atoms in total. The van der Waals surface area contributed by atoms with Gasteiger partial charge in [-0.15, -0.1) is 0 Å². The summed E-state index contributed by atoms with van der Waals surface area (Å²) < 4.78 is 29.0. The van der Waals surface area contributed by atoms with E-state index in [0.29, 0.717) is 0 Å². The Morgan fingerprint density at radius 1 is 0.675 bits per heavy atom. The summed E-state index contributed by atoms with van der Waals surface area (Å²) in [6.45, 7) is 0.174. The summed E-state index contributed by atoms with van der Waals surface area (Å²) in [7, 11) is 0.249. The summed E-state index contributed by atoms with van der Waals surface area (Å²) >= 11 is 0. The van der Waals surface area contributed by atoms with Crippen LogP contribution in [0.3, 0.4) is 0 Å². The number of fused-ring (bicyclic) bond motifs is 2. The molecule has 1 N–H and O–H groups in total. The number of sulfonamides is 1. The van der Waals surface area contributed by atoms with Gasteiger partial charge in [-0.05, 0) is 41.3 Å². The summed E-state index contributed by atoms with van der Waals surface area (Å²) in [6.07, 6.45) is 0. The van der Waals surface area contributed by atoms with Crippen LogP contribution in [0.5, 0.6) is 0 Å². The third-order valence-electron chi connectivity index (χ3n) is 6.93. The van der Waals surface area contributed by atoms with Crippen LogP contribution >= 0.6 is 0 Å². The van der Waals surface area contributed by atoms with Gasteiger partial charge in [-0.2, -0.15) is 0 Å². The molecule has 6 aromatic rings. The highest BCUT2D eigenvalue weighted by Crippen LogP contribution is 2.31. The largest absolute Gasteiger partial charge is 0.377 e. The first-order valence-corrected chi connectivity index (χ1v) is 14.5. The van der Waals surface area contributed by atoms with Gasteiger partial charge in [0.1, 0.15) is 0 Å². The van der Waals surface area contributed by atoms with Crippen molar-refractivity contribution in [1.29, 1.82) is 0 Å². The van der Waals surface area contributed by atoms with Crippen molar-refractivity contribution in [2.24, 2.45) is 0 Å². The molecule has 6 rings (SSSR count). The van der Waals surface area contributed by atoms with Gasteiger partial charge in [0.15, 0.2) is 0 Å². The average Bonchev–Trinajstić information content (AvgIpc) is 2.99. The van der Waals surface area contributed by atoms with Crippen LogP contribution in [-0.2, 0) is 16.6 Å². The molecule has 0 amide bonds. The van der Waals surface area contributed by atoms with Crippen LogP contribution in [0, 0.1) is 0 Å². The maximum absolute atomic E-state index is 13.1. The van der Waals surface area contributed by atoms with Crippen LogP contribution in [0.2, 0.25) is 0 Å². The maximum atomic E-state index is 13.1. The van der Waals surface area contributed by atoms with Gasteiger partial charge in [0.25, 0.3) is 0 Å². The second-order valence-electron chi connectivity index (χ2n) is 9.85. The third-order valence-corrected chi connectivity index (χ3v) is 8.33. The molecule has 0 atom stereocenters. The van der Waals surface area contributed by atoms with Crippen molar-refractivity contribution in [3.05, 3.63) is 121 Å². The monoisotopic (exact) mass is 544 g/mol. The molecular formula is C33H28N4O2S. The molecule has 0 aliphatic rings. The lowest BCUT2D eigenvalue weighted by Crippen LogP contribution is -2.23. The number of anilines is 1. The van der Waals surface area contributed by atoms with Crippen molar-refractivity contribution in [3.63, 3.8) is 0 Å². The number of para-hydroxylation sites is 2. The molecule has 0 saturated carbocycles. The molecule has 0 aliphatic carbocycles. The summed E-state index contributed by atoms with van der Waals surface area (Å²) in [5, 5.41) is 1.89. The van der Waals surface area contributed by atoms with E-state index in [1.165, 1.54) is 0 Å². The molecule has 1 aromatic heterocycles. The fourth-order valence-electron chi connectivity index (χ4n) is 4.84. The fourth-order valence-corrected chi connectivity index (χ4v) is 5.90. The quantitative estimate of drug-likeness (QED) is 0.243. The van der Waals surface area contributed by atoms with Crippen LogP contribution in [-0.4, -0.2) is 32.5 Å². The molecule has 5 aromatic carbocycles. The van der Waals surface area contributed by atoms with E-state index >= 15 is 0 Å². The van der Waals surface area contributed by atoms with E-state index in [2.05, 4.69) is 4.72 Å². The van der Waals surface area contributed by atoms with Crippen LogP contribution in [0.1, 0.15) is 5.56 Å².